The fourth-order valence-corrected chi connectivity index (χ4v) is 11.2. The molecule has 4 aliphatic rings. The van der Waals surface area contributed by atoms with Gasteiger partial charge in [-0.1, -0.05) is 53.1 Å². The summed E-state index contributed by atoms with van der Waals surface area (Å²) in [4.78, 5) is 0. The third kappa shape index (κ3) is 2.92. The second-order valence-electron chi connectivity index (χ2n) is 14.5. The summed E-state index contributed by atoms with van der Waals surface area (Å²) in [5, 5.41) is 43.5. The maximum Gasteiger partial charge on any atom is 0.147 e. The molecule has 0 aliphatic heterocycles. The monoisotopic (exact) mass is 546 g/mol. The van der Waals surface area contributed by atoms with E-state index in [9.17, 15) is 20.4 Å². The minimum atomic E-state index is -1.25. The molecule has 4 rings (SSSR count). The predicted molar refractivity (Wildman–Crippen MR) is 142 cm³/mol. The minimum Gasteiger partial charge on any atom is -0.396 e. The lowest BCUT2D eigenvalue weighted by Crippen LogP contribution is -2.58. The average Bonchev–Trinajstić information content (AvgIpc) is 3.47. The Morgan fingerprint density at radius 3 is 1.06 bits per heavy atom. The van der Waals surface area contributed by atoms with Gasteiger partial charge < -0.3 is 39.4 Å². The van der Waals surface area contributed by atoms with Crippen LogP contribution in [0.3, 0.4) is 0 Å². The molecule has 10 heteroatoms. The van der Waals surface area contributed by atoms with Gasteiger partial charge in [0.1, 0.15) is 13.6 Å². The van der Waals surface area contributed by atoms with Gasteiger partial charge in [0, 0.05) is 51.0 Å². The van der Waals surface area contributed by atoms with Crippen molar-refractivity contribution >= 4 is 16.1 Å². The lowest BCUT2D eigenvalue weighted by atomic mass is 9.65. The molecule has 4 fully saturated rings. The van der Waals surface area contributed by atoms with Crippen molar-refractivity contribution in [1.29, 1.82) is 0 Å². The number of aliphatic hydroxyl groups is 4. The molecule has 4 atom stereocenters. The number of aliphatic hydroxyl groups excluding tert-OH is 4. The number of hydrogen-bond acceptors (Lipinski definition) is 8. The summed E-state index contributed by atoms with van der Waals surface area (Å²) in [7, 11) is -2.50. The normalized spacial score (nSPS) is 46.3. The summed E-state index contributed by atoms with van der Waals surface area (Å²) in [6.07, 6.45) is -1.12. The molecule has 0 bridgehead atoms. The molecule has 210 valence electrons. The summed E-state index contributed by atoms with van der Waals surface area (Å²) in [6, 6.07) is 2.03. The molecule has 4 unspecified atom stereocenters. The van der Waals surface area contributed by atoms with Crippen molar-refractivity contribution < 1.29 is 39.4 Å². The van der Waals surface area contributed by atoms with Crippen molar-refractivity contribution in [2.24, 2.45) is 32.5 Å². The van der Waals surface area contributed by atoms with E-state index in [1.165, 1.54) is 0 Å². The number of rotatable bonds is 16. The Morgan fingerprint density at radius 1 is 0.556 bits per heavy atom. The Hall–Kier alpha value is 0.114. The Morgan fingerprint density at radius 2 is 0.833 bits per heavy atom. The standard InChI is InChI=1S/C26H50O8Si2/c1-21-22(2)25(15-29)19(33-17-31-9-11-35(3,4)5)23(21,13-27)24(21,14-28)20(26(22,25)16-30)34-18-32-10-12-36(6,7)8/h19-20,27-30H,9-18H2,1-8H3. The van der Waals surface area contributed by atoms with Crippen LogP contribution in [0.1, 0.15) is 13.8 Å². The lowest BCUT2D eigenvalue weighted by molar-refractivity contribution is -0.230. The van der Waals surface area contributed by atoms with Crippen LogP contribution < -0.4 is 0 Å². The van der Waals surface area contributed by atoms with Crippen LogP contribution in [0.4, 0.5) is 0 Å². The van der Waals surface area contributed by atoms with E-state index in [1.807, 2.05) is 0 Å². The van der Waals surface area contributed by atoms with Crippen LogP contribution in [0.25, 0.3) is 0 Å². The van der Waals surface area contributed by atoms with Crippen molar-refractivity contribution in [3.05, 3.63) is 0 Å². The van der Waals surface area contributed by atoms with Gasteiger partial charge in [-0.2, -0.15) is 0 Å². The molecule has 0 amide bonds. The van der Waals surface area contributed by atoms with Crippen LogP contribution in [0.5, 0.6) is 0 Å². The van der Waals surface area contributed by atoms with Crippen LogP contribution in [0.15, 0.2) is 0 Å². The molecule has 4 aliphatic carbocycles. The summed E-state index contributed by atoms with van der Waals surface area (Å²) in [6.45, 7) is 18.4. The molecular weight excluding hydrogens is 496 g/mol. The molecule has 36 heavy (non-hydrogen) atoms. The molecule has 4 saturated carbocycles. The molecule has 0 saturated heterocycles. The SMILES string of the molecule is CC12C3(CO)C(OCOCC[Si](C)(C)C)C4(CO)C(CO)(C(OCOCC[Si](C)(C)C)C31CO)C42C. The molecule has 8 nitrogen and oxygen atoms in total. The largest absolute Gasteiger partial charge is 0.396 e. The van der Waals surface area contributed by atoms with Gasteiger partial charge >= 0.3 is 0 Å². The fraction of sp³-hybridized carbons (Fsp3) is 1.00. The summed E-state index contributed by atoms with van der Waals surface area (Å²) in [5.74, 6) is 0. The summed E-state index contributed by atoms with van der Waals surface area (Å²) in [5.41, 5.74) is -4.34. The summed E-state index contributed by atoms with van der Waals surface area (Å²) < 4.78 is 24.5. The zero-order valence-electron chi connectivity index (χ0n) is 23.6. The zero-order valence-corrected chi connectivity index (χ0v) is 25.6. The minimum absolute atomic E-state index is 0.0547. The van der Waals surface area contributed by atoms with Gasteiger partial charge in [-0.25, -0.2) is 0 Å². The van der Waals surface area contributed by atoms with E-state index in [1.54, 1.807) is 0 Å². The second kappa shape index (κ2) is 8.81. The first kappa shape index (κ1) is 29.1. The Balaban J connectivity index is 1.59. The quantitative estimate of drug-likeness (QED) is 0.132. The maximum absolute atomic E-state index is 10.9. The van der Waals surface area contributed by atoms with Crippen LogP contribution in [0.2, 0.25) is 51.4 Å². The van der Waals surface area contributed by atoms with Gasteiger partial charge in [0.25, 0.3) is 0 Å². The fourth-order valence-electron chi connectivity index (χ4n) is 9.70. The highest BCUT2D eigenvalue weighted by molar-refractivity contribution is 6.76. The lowest BCUT2D eigenvalue weighted by Gasteiger charge is -2.48. The molecule has 0 heterocycles. The zero-order chi connectivity index (χ0) is 27.1. The van der Waals surface area contributed by atoms with Crippen LogP contribution in [-0.2, 0) is 18.9 Å². The van der Waals surface area contributed by atoms with Crippen molar-refractivity contribution in [2.75, 3.05) is 53.2 Å². The van der Waals surface area contributed by atoms with Crippen molar-refractivity contribution in [3.63, 3.8) is 0 Å². The maximum atomic E-state index is 10.9. The second-order valence-corrected chi connectivity index (χ2v) is 25.8. The highest BCUT2D eigenvalue weighted by atomic mass is 28.3. The smallest absolute Gasteiger partial charge is 0.147 e. The predicted octanol–water partition coefficient (Wildman–Crippen LogP) is 2.36. The van der Waals surface area contributed by atoms with Crippen molar-refractivity contribution in [1.82, 2.24) is 0 Å². The Kier molecular flexibility index (Phi) is 7.12. The third-order valence-corrected chi connectivity index (χ3v) is 14.9. The Labute approximate surface area is 218 Å². The van der Waals surface area contributed by atoms with Gasteiger partial charge in [0.2, 0.25) is 0 Å². The molecule has 0 aromatic rings. The third-order valence-electron chi connectivity index (χ3n) is 11.5. The van der Waals surface area contributed by atoms with Gasteiger partial charge in [-0.3, -0.25) is 0 Å². The van der Waals surface area contributed by atoms with E-state index in [4.69, 9.17) is 18.9 Å². The first-order chi connectivity index (χ1) is 16.7. The van der Waals surface area contributed by atoms with Crippen molar-refractivity contribution in [2.45, 2.75) is 77.4 Å². The van der Waals surface area contributed by atoms with E-state index in [-0.39, 0.29) is 40.0 Å². The molecule has 0 radical (unpaired) electrons. The summed E-state index contributed by atoms with van der Waals surface area (Å²) >= 11 is 0. The van der Waals surface area contributed by atoms with Gasteiger partial charge in [-0.15, -0.1) is 0 Å². The molecular formula is C26H50O8Si2. The van der Waals surface area contributed by atoms with Gasteiger partial charge in [0.15, 0.2) is 0 Å². The van der Waals surface area contributed by atoms with E-state index < -0.39 is 60.8 Å². The number of hydrogen-bond donors (Lipinski definition) is 4. The first-order valence-corrected chi connectivity index (χ1v) is 20.9. The van der Waals surface area contributed by atoms with Crippen LogP contribution in [-0.4, -0.2) is 102 Å². The van der Waals surface area contributed by atoms with Crippen molar-refractivity contribution in [3.8, 4) is 0 Å². The van der Waals surface area contributed by atoms with E-state index in [0.717, 1.165) is 12.1 Å². The highest BCUT2D eigenvalue weighted by Gasteiger charge is 3.19. The number of fused-ring (bicyclic) bond motifs is 2. The van der Waals surface area contributed by atoms with Crippen LogP contribution in [0, 0.1) is 32.5 Å². The van der Waals surface area contributed by atoms with Gasteiger partial charge in [0.05, 0.1) is 38.6 Å². The molecule has 0 spiro atoms. The first-order valence-electron chi connectivity index (χ1n) is 13.5. The molecule has 0 aromatic carbocycles. The average molecular weight is 547 g/mol. The van der Waals surface area contributed by atoms with E-state index in [2.05, 4.69) is 53.1 Å². The van der Waals surface area contributed by atoms with Crippen LogP contribution >= 0.6 is 0 Å². The molecule has 0 aromatic heterocycles. The number of ether oxygens (including phenoxy) is 4. The highest BCUT2D eigenvalue weighted by Crippen LogP contribution is 3.13. The topological polar surface area (TPSA) is 118 Å². The van der Waals surface area contributed by atoms with E-state index >= 15 is 0 Å². The Bertz CT molecular complexity index is 739. The van der Waals surface area contributed by atoms with Gasteiger partial charge in [-0.05, 0) is 22.9 Å². The molecule has 4 N–H and O–H groups in total. The van der Waals surface area contributed by atoms with E-state index in [0.29, 0.717) is 13.2 Å².